The lowest BCUT2D eigenvalue weighted by Gasteiger charge is -2.10. The number of hydrogen-bond donors (Lipinski definition) is 0. The van der Waals surface area contributed by atoms with Crippen LogP contribution in [0, 0.1) is 6.92 Å². The van der Waals surface area contributed by atoms with E-state index in [9.17, 15) is 9.59 Å². The predicted octanol–water partition coefficient (Wildman–Crippen LogP) is 4.21. The van der Waals surface area contributed by atoms with Gasteiger partial charge in [0, 0.05) is 17.8 Å². The van der Waals surface area contributed by atoms with Crippen LogP contribution in [0.4, 0.5) is 0 Å². The Bertz CT molecular complexity index is 1520. The summed E-state index contributed by atoms with van der Waals surface area (Å²) >= 11 is 0. The fourth-order valence-corrected chi connectivity index (χ4v) is 3.66. The Morgan fingerprint density at radius 1 is 0.970 bits per heavy atom. The van der Waals surface area contributed by atoms with Crippen LogP contribution in [0.1, 0.15) is 21.6 Å². The van der Waals surface area contributed by atoms with Crippen LogP contribution >= 0.6 is 0 Å². The molecule has 0 aliphatic heterocycles. The fourth-order valence-electron chi connectivity index (χ4n) is 3.66. The van der Waals surface area contributed by atoms with E-state index in [1.807, 2.05) is 55.5 Å². The summed E-state index contributed by atoms with van der Waals surface area (Å²) in [5.41, 5.74) is 4.70. The highest BCUT2D eigenvalue weighted by atomic mass is 16.5. The van der Waals surface area contributed by atoms with Gasteiger partial charge in [-0.15, -0.1) is 0 Å². The number of aromatic nitrogens is 4. The summed E-state index contributed by atoms with van der Waals surface area (Å²) in [4.78, 5) is 29.5. The number of ether oxygens (including phenoxy) is 1. The Labute approximate surface area is 189 Å². The molecule has 0 unspecified atom stereocenters. The molecule has 33 heavy (non-hydrogen) atoms. The van der Waals surface area contributed by atoms with Gasteiger partial charge >= 0.3 is 5.97 Å². The Morgan fingerprint density at radius 3 is 2.67 bits per heavy atom. The molecule has 0 spiro atoms. The van der Waals surface area contributed by atoms with E-state index < -0.39 is 5.97 Å². The van der Waals surface area contributed by atoms with Gasteiger partial charge in [0.1, 0.15) is 12.3 Å². The lowest BCUT2D eigenvalue weighted by molar-refractivity contribution is 0.0467. The molecule has 5 rings (SSSR count). The maximum absolute atomic E-state index is 12.7. The topological polar surface area (TPSA) is 78.5 Å². The van der Waals surface area contributed by atoms with Gasteiger partial charge in [0.05, 0.1) is 28.8 Å². The van der Waals surface area contributed by atoms with Gasteiger partial charge in [-0.3, -0.25) is 9.20 Å². The minimum atomic E-state index is -0.504. The molecular weight excluding hydrogens is 416 g/mol. The quantitative estimate of drug-likeness (QED) is 0.386. The summed E-state index contributed by atoms with van der Waals surface area (Å²) in [6.07, 6.45) is 3.45. The average molecular weight is 436 g/mol. The van der Waals surface area contributed by atoms with Gasteiger partial charge in [0.15, 0.2) is 0 Å². The third-order valence-electron chi connectivity index (χ3n) is 5.25. The molecule has 7 heteroatoms. The second kappa shape index (κ2) is 8.55. The number of hydrogen-bond acceptors (Lipinski definition) is 5. The van der Waals surface area contributed by atoms with Crippen molar-refractivity contribution in [3.8, 4) is 16.9 Å². The van der Waals surface area contributed by atoms with Gasteiger partial charge in [0.25, 0.3) is 5.56 Å². The number of esters is 1. The molecular formula is C26H20N4O3. The number of pyridine rings is 1. The third kappa shape index (κ3) is 4.16. The van der Waals surface area contributed by atoms with Crippen molar-refractivity contribution >= 4 is 11.6 Å². The first-order chi connectivity index (χ1) is 16.1. The normalized spacial score (nSPS) is 10.9. The van der Waals surface area contributed by atoms with Crippen LogP contribution in [0.15, 0.2) is 96.1 Å². The summed E-state index contributed by atoms with van der Waals surface area (Å²) in [5, 5.41) is 4.42. The molecule has 162 valence electrons. The van der Waals surface area contributed by atoms with Gasteiger partial charge < -0.3 is 4.74 Å². The number of fused-ring (bicyclic) bond motifs is 1. The lowest BCUT2D eigenvalue weighted by atomic mass is 10.1. The van der Waals surface area contributed by atoms with Crippen molar-refractivity contribution in [1.82, 2.24) is 19.2 Å². The average Bonchev–Trinajstić information content (AvgIpc) is 3.34. The van der Waals surface area contributed by atoms with E-state index in [-0.39, 0.29) is 12.2 Å². The van der Waals surface area contributed by atoms with Crippen LogP contribution < -0.4 is 5.56 Å². The largest absolute Gasteiger partial charge is 0.456 e. The van der Waals surface area contributed by atoms with Gasteiger partial charge in [-0.2, -0.15) is 5.10 Å². The van der Waals surface area contributed by atoms with Crippen LogP contribution in [-0.2, 0) is 11.3 Å². The summed E-state index contributed by atoms with van der Waals surface area (Å²) in [6.45, 7) is 1.81. The van der Waals surface area contributed by atoms with Crippen molar-refractivity contribution in [3.05, 3.63) is 118 Å². The minimum absolute atomic E-state index is 0.0975. The Balaban J connectivity index is 1.37. The lowest BCUT2D eigenvalue weighted by Crippen LogP contribution is -2.17. The van der Waals surface area contributed by atoms with E-state index in [1.165, 1.54) is 10.5 Å². The van der Waals surface area contributed by atoms with Crippen molar-refractivity contribution < 1.29 is 9.53 Å². The van der Waals surface area contributed by atoms with Gasteiger partial charge in [-0.25, -0.2) is 14.5 Å². The van der Waals surface area contributed by atoms with E-state index >= 15 is 0 Å². The molecule has 0 amide bonds. The zero-order valence-electron chi connectivity index (χ0n) is 17.9. The molecule has 3 heterocycles. The highest BCUT2D eigenvalue weighted by Gasteiger charge is 2.13. The molecule has 0 saturated heterocycles. The predicted molar refractivity (Wildman–Crippen MR) is 124 cm³/mol. The highest BCUT2D eigenvalue weighted by molar-refractivity contribution is 5.90. The first kappa shape index (κ1) is 20.4. The van der Waals surface area contributed by atoms with E-state index in [0.717, 1.165) is 22.5 Å². The van der Waals surface area contributed by atoms with Crippen molar-refractivity contribution in [1.29, 1.82) is 0 Å². The number of nitrogens with zero attached hydrogens (tertiary/aromatic N) is 4. The molecule has 0 radical (unpaired) electrons. The zero-order chi connectivity index (χ0) is 22.8. The summed E-state index contributed by atoms with van der Waals surface area (Å²) < 4.78 is 8.70. The number of aryl methyl sites for hydroxylation is 1. The molecule has 0 atom stereocenters. The summed E-state index contributed by atoms with van der Waals surface area (Å²) in [5.74, 6) is -0.504. The zero-order valence-corrected chi connectivity index (χ0v) is 17.9. The molecule has 5 aromatic rings. The van der Waals surface area contributed by atoms with Crippen molar-refractivity contribution in [2.75, 3.05) is 0 Å². The molecule has 7 nitrogen and oxygen atoms in total. The second-order valence-corrected chi connectivity index (χ2v) is 7.64. The summed E-state index contributed by atoms with van der Waals surface area (Å²) in [6, 6.07) is 23.9. The third-order valence-corrected chi connectivity index (χ3v) is 5.25. The Morgan fingerprint density at radius 2 is 1.82 bits per heavy atom. The van der Waals surface area contributed by atoms with Gasteiger partial charge in [0.2, 0.25) is 0 Å². The van der Waals surface area contributed by atoms with Crippen molar-refractivity contribution in [3.63, 3.8) is 0 Å². The monoisotopic (exact) mass is 436 g/mol. The van der Waals surface area contributed by atoms with Crippen LogP contribution in [0.2, 0.25) is 0 Å². The van der Waals surface area contributed by atoms with Crippen LogP contribution in [0.3, 0.4) is 0 Å². The first-order valence-electron chi connectivity index (χ1n) is 10.4. The molecule has 0 aliphatic rings. The number of carbonyl (C=O) groups excluding carboxylic acids is 1. The molecule has 0 fully saturated rings. The molecule has 0 aliphatic carbocycles. The number of carbonyl (C=O) groups is 1. The van der Waals surface area contributed by atoms with Crippen LogP contribution in [0.25, 0.3) is 22.6 Å². The SMILES string of the molecule is Cc1ccc2nc(COC(=O)c3cccc(-n4nccc4-c4ccccc4)c3)cc(=O)n2c1. The highest BCUT2D eigenvalue weighted by Crippen LogP contribution is 2.22. The molecule has 0 saturated carbocycles. The standard InChI is InChI=1S/C26H20N4O3/c1-18-10-11-24-28-21(15-25(31)29(24)16-18)17-33-26(32)20-8-5-9-22(14-20)30-23(12-13-27-30)19-6-3-2-4-7-19/h2-16H,17H2,1H3. The smallest absolute Gasteiger partial charge is 0.338 e. The molecule has 2 aromatic carbocycles. The maximum Gasteiger partial charge on any atom is 0.338 e. The second-order valence-electron chi connectivity index (χ2n) is 7.64. The van der Waals surface area contributed by atoms with Gasteiger partial charge in [-0.05, 0) is 42.8 Å². The number of rotatable bonds is 5. The van der Waals surface area contributed by atoms with Crippen LogP contribution in [-0.4, -0.2) is 25.1 Å². The molecule has 0 N–H and O–H groups in total. The van der Waals surface area contributed by atoms with E-state index in [2.05, 4.69) is 10.1 Å². The fraction of sp³-hybridized carbons (Fsp3) is 0.0769. The molecule has 3 aromatic heterocycles. The Kier molecular flexibility index (Phi) is 5.28. The maximum atomic E-state index is 12.7. The van der Waals surface area contributed by atoms with Crippen molar-refractivity contribution in [2.45, 2.75) is 13.5 Å². The van der Waals surface area contributed by atoms with E-state index in [0.29, 0.717) is 16.9 Å². The summed E-state index contributed by atoms with van der Waals surface area (Å²) in [7, 11) is 0. The van der Waals surface area contributed by atoms with Crippen molar-refractivity contribution in [2.24, 2.45) is 0 Å². The van der Waals surface area contributed by atoms with Crippen LogP contribution in [0.5, 0.6) is 0 Å². The van der Waals surface area contributed by atoms with E-state index in [1.54, 1.807) is 41.3 Å². The number of benzene rings is 2. The first-order valence-corrected chi connectivity index (χ1v) is 10.4. The molecule has 0 bridgehead atoms. The van der Waals surface area contributed by atoms with Gasteiger partial charge in [-0.1, -0.05) is 42.5 Å². The minimum Gasteiger partial charge on any atom is -0.456 e. The van der Waals surface area contributed by atoms with E-state index in [4.69, 9.17) is 4.74 Å². The Hall–Kier alpha value is -4.52.